The van der Waals surface area contributed by atoms with Gasteiger partial charge in [-0.2, -0.15) is 0 Å². The molecule has 0 N–H and O–H groups in total. The minimum atomic E-state index is 0.343. The highest BCUT2D eigenvalue weighted by atomic mass is 16.5. The van der Waals surface area contributed by atoms with Crippen molar-refractivity contribution in [3.8, 4) is 22.8 Å². The quantitative estimate of drug-likeness (QED) is 0.771. The third-order valence-corrected chi connectivity index (χ3v) is 2.97. The first kappa shape index (κ1) is 12.9. The van der Waals surface area contributed by atoms with E-state index >= 15 is 0 Å². The van der Waals surface area contributed by atoms with Gasteiger partial charge >= 0.3 is 0 Å². The van der Waals surface area contributed by atoms with Crippen molar-refractivity contribution in [2.75, 3.05) is 0 Å². The maximum atomic E-state index is 10.6. The van der Waals surface area contributed by atoms with Crippen molar-refractivity contribution in [2.45, 2.75) is 6.92 Å². The monoisotopic (exact) mass is 259 g/mol. The molecule has 0 atom stereocenters. The van der Waals surface area contributed by atoms with Crippen molar-refractivity contribution in [1.29, 1.82) is 0 Å². The average Bonchev–Trinajstić information content (AvgIpc) is 2.66. The van der Waals surface area contributed by atoms with Crippen LogP contribution >= 0.6 is 0 Å². The van der Waals surface area contributed by atoms with Crippen LogP contribution in [0.3, 0.4) is 0 Å². The largest absolute Gasteiger partial charge is 0.426 e. The van der Waals surface area contributed by atoms with Crippen LogP contribution in [-0.4, -0.2) is 17.5 Å². The minimum Gasteiger partial charge on any atom is -0.426 e. The summed E-state index contributed by atoms with van der Waals surface area (Å²) in [4.78, 5) is 21.3. The molecule has 0 spiro atoms. The fraction of sp³-hybridized carbons (Fsp3) is 0.143. The van der Waals surface area contributed by atoms with Crippen LogP contribution in [0.5, 0.6) is 11.6 Å². The Labute approximate surface area is 110 Å². The fourth-order valence-corrected chi connectivity index (χ4v) is 1.99. The summed E-state index contributed by atoms with van der Waals surface area (Å²) in [6, 6.07) is 9.29. The van der Waals surface area contributed by atoms with Crippen molar-refractivity contribution in [3.05, 3.63) is 36.0 Å². The molecule has 98 valence electrons. The van der Waals surface area contributed by atoms with Crippen molar-refractivity contribution in [1.82, 2.24) is 4.57 Å². The lowest BCUT2D eigenvalue weighted by molar-refractivity contribution is -0.121. The molecule has 0 aliphatic carbocycles. The summed E-state index contributed by atoms with van der Waals surface area (Å²) in [7, 11) is 1.73. The number of carbonyl (C=O) groups excluding carboxylic acids is 2. The van der Waals surface area contributed by atoms with Gasteiger partial charge in [0.05, 0.1) is 11.3 Å². The van der Waals surface area contributed by atoms with Gasteiger partial charge in [-0.1, -0.05) is 30.3 Å². The highest BCUT2D eigenvalue weighted by Gasteiger charge is 2.22. The third kappa shape index (κ3) is 2.22. The summed E-state index contributed by atoms with van der Waals surface area (Å²) in [5.74, 6) is 0.733. The molecule has 0 bridgehead atoms. The molecule has 2 aromatic rings. The predicted molar refractivity (Wildman–Crippen MR) is 69.0 cm³/mol. The van der Waals surface area contributed by atoms with Crippen molar-refractivity contribution in [3.63, 3.8) is 0 Å². The number of hydrogen-bond acceptors (Lipinski definition) is 4. The van der Waals surface area contributed by atoms with E-state index in [2.05, 4.69) is 0 Å². The van der Waals surface area contributed by atoms with E-state index in [-0.39, 0.29) is 0 Å². The van der Waals surface area contributed by atoms with E-state index in [1.54, 1.807) is 18.5 Å². The molecule has 1 aromatic heterocycles. The number of benzene rings is 1. The van der Waals surface area contributed by atoms with E-state index in [4.69, 9.17) is 9.47 Å². The lowest BCUT2D eigenvalue weighted by Gasteiger charge is -2.05. The van der Waals surface area contributed by atoms with E-state index in [1.807, 2.05) is 30.3 Å². The molecule has 1 aromatic carbocycles. The number of nitrogens with zero attached hydrogens (tertiary/aromatic N) is 1. The molecule has 0 amide bonds. The predicted octanol–water partition coefficient (Wildman–Crippen LogP) is 2.07. The zero-order valence-electron chi connectivity index (χ0n) is 10.6. The molecule has 19 heavy (non-hydrogen) atoms. The number of carbonyl (C=O) groups is 2. The molecule has 0 saturated carbocycles. The molecule has 5 heteroatoms. The van der Waals surface area contributed by atoms with Crippen LogP contribution in [-0.2, 0) is 16.6 Å². The van der Waals surface area contributed by atoms with E-state index in [0.29, 0.717) is 35.8 Å². The summed E-state index contributed by atoms with van der Waals surface area (Å²) in [6.07, 6.45) is 0. The van der Waals surface area contributed by atoms with Gasteiger partial charge in [-0.3, -0.25) is 9.59 Å². The van der Waals surface area contributed by atoms with Crippen LogP contribution in [0.4, 0.5) is 0 Å². The van der Waals surface area contributed by atoms with Gasteiger partial charge in [0.15, 0.2) is 5.75 Å². The Balaban J connectivity index is 2.71. The molecule has 0 unspecified atom stereocenters. The molecule has 2 rings (SSSR count). The highest BCUT2D eigenvalue weighted by Crippen LogP contribution is 2.42. The first-order valence-electron chi connectivity index (χ1n) is 5.66. The number of hydrogen-bond donors (Lipinski definition) is 0. The van der Waals surface area contributed by atoms with Crippen LogP contribution in [0.25, 0.3) is 11.1 Å². The molecular formula is C14H13NO4. The van der Waals surface area contributed by atoms with Crippen LogP contribution < -0.4 is 9.47 Å². The first-order valence-corrected chi connectivity index (χ1v) is 5.66. The third-order valence-electron chi connectivity index (χ3n) is 2.97. The number of ether oxygens (including phenoxy) is 2. The minimum absolute atomic E-state index is 0.343. The first-order chi connectivity index (χ1) is 9.20. The van der Waals surface area contributed by atoms with Crippen LogP contribution in [0.2, 0.25) is 0 Å². The van der Waals surface area contributed by atoms with Gasteiger partial charge in [-0.15, -0.1) is 0 Å². The van der Waals surface area contributed by atoms with Gasteiger partial charge in [0.1, 0.15) is 0 Å². The highest BCUT2D eigenvalue weighted by molar-refractivity contribution is 5.80. The summed E-state index contributed by atoms with van der Waals surface area (Å²) in [5, 5.41) is 0. The van der Waals surface area contributed by atoms with Gasteiger partial charge < -0.3 is 14.0 Å². The lowest BCUT2D eigenvalue weighted by Crippen LogP contribution is -1.98. The molecule has 0 aliphatic heterocycles. The Kier molecular flexibility index (Phi) is 3.66. The second kappa shape index (κ2) is 5.39. The Bertz CT molecular complexity index is 568. The lowest BCUT2D eigenvalue weighted by atomic mass is 10.1. The van der Waals surface area contributed by atoms with Gasteiger partial charge in [0, 0.05) is 7.05 Å². The van der Waals surface area contributed by atoms with Gasteiger partial charge in [0.2, 0.25) is 5.88 Å². The topological polar surface area (TPSA) is 57.5 Å². The Morgan fingerprint density at radius 3 is 2.26 bits per heavy atom. The molecule has 5 nitrogen and oxygen atoms in total. The number of aromatic nitrogens is 1. The maximum Gasteiger partial charge on any atom is 0.299 e. The fourth-order valence-electron chi connectivity index (χ4n) is 1.99. The Hall–Kier alpha value is -2.56. The van der Waals surface area contributed by atoms with E-state index < -0.39 is 0 Å². The summed E-state index contributed by atoms with van der Waals surface area (Å²) >= 11 is 0. The second-order valence-electron chi connectivity index (χ2n) is 3.95. The molecule has 1 heterocycles. The molecule has 0 radical (unpaired) electrons. The Morgan fingerprint density at radius 2 is 1.68 bits per heavy atom. The van der Waals surface area contributed by atoms with Crippen molar-refractivity contribution < 1.29 is 19.1 Å². The summed E-state index contributed by atoms with van der Waals surface area (Å²) in [5.41, 5.74) is 2.09. The molecular weight excluding hydrogens is 246 g/mol. The van der Waals surface area contributed by atoms with E-state index in [0.717, 1.165) is 5.56 Å². The van der Waals surface area contributed by atoms with Gasteiger partial charge in [-0.05, 0) is 12.5 Å². The molecule has 0 fully saturated rings. The normalized spacial score (nSPS) is 10.0. The average molecular weight is 259 g/mol. The van der Waals surface area contributed by atoms with Gasteiger partial charge in [-0.25, -0.2) is 0 Å². The zero-order chi connectivity index (χ0) is 13.8. The Morgan fingerprint density at radius 1 is 1.05 bits per heavy atom. The summed E-state index contributed by atoms with van der Waals surface area (Å²) in [6.45, 7) is 2.49. The van der Waals surface area contributed by atoms with E-state index in [1.165, 1.54) is 0 Å². The van der Waals surface area contributed by atoms with Crippen LogP contribution in [0.1, 0.15) is 5.69 Å². The van der Waals surface area contributed by atoms with E-state index in [9.17, 15) is 9.59 Å². The zero-order valence-corrected chi connectivity index (χ0v) is 10.6. The SMILES string of the molecule is Cc1c(OC=O)c(-c2ccccc2)c(OC=O)n1C. The molecule has 0 aliphatic rings. The van der Waals surface area contributed by atoms with Crippen molar-refractivity contribution in [2.24, 2.45) is 7.05 Å². The van der Waals surface area contributed by atoms with Crippen molar-refractivity contribution >= 4 is 12.9 Å². The smallest absolute Gasteiger partial charge is 0.299 e. The standard InChI is InChI=1S/C14H13NO4/c1-10-13(18-8-16)12(11-6-4-3-5-7-11)14(15(10)2)19-9-17/h3-9H,1-2H3. The number of rotatable bonds is 5. The van der Waals surface area contributed by atoms with Crippen LogP contribution in [0, 0.1) is 6.92 Å². The second-order valence-corrected chi connectivity index (χ2v) is 3.95. The van der Waals surface area contributed by atoms with Crippen LogP contribution in [0.15, 0.2) is 30.3 Å². The summed E-state index contributed by atoms with van der Waals surface area (Å²) < 4.78 is 11.7. The molecule has 0 saturated heterocycles. The van der Waals surface area contributed by atoms with Gasteiger partial charge in [0.25, 0.3) is 12.9 Å². The maximum absolute atomic E-state index is 10.6.